The number of primary amides is 1. The molecule has 0 heterocycles. The average molecular weight is 297 g/mol. The van der Waals surface area contributed by atoms with E-state index in [0.29, 0.717) is 12.0 Å². The Morgan fingerprint density at radius 2 is 2.05 bits per heavy atom. The number of hydrogen-bond acceptors (Lipinski definition) is 3. The summed E-state index contributed by atoms with van der Waals surface area (Å²) in [4.78, 5) is 14.6. The van der Waals surface area contributed by atoms with Gasteiger partial charge in [0.25, 0.3) is 0 Å². The van der Waals surface area contributed by atoms with Crippen molar-refractivity contribution in [2.75, 3.05) is 19.6 Å². The standard InChI is InChI=1S/C17H35N3O/c1-5-11-19-17(16(18)21)10-7-8-15(17)9-13-20(12-6-2)14(3)4/h14-15,19H,5-13H2,1-4H3,(H2,18,21). The van der Waals surface area contributed by atoms with Gasteiger partial charge in [-0.15, -0.1) is 0 Å². The van der Waals surface area contributed by atoms with E-state index in [2.05, 4.69) is 37.9 Å². The van der Waals surface area contributed by atoms with Crippen molar-refractivity contribution in [3.63, 3.8) is 0 Å². The van der Waals surface area contributed by atoms with Crippen molar-refractivity contribution in [2.24, 2.45) is 11.7 Å². The summed E-state index contributed by atoms with van der Waals surface area (Å²) < 4.78 is 0. The molecule has 1 fully saturated rings. The van der Waals surface area contributed by atoms with E-state index in [1.807, 2.05) is 0 Å². The highest BCUT2D eigenvalue weighted by Gasteiger charge is 2.46. The molecule has 0 saturated heterocycles. The van der Waals surface area contributed by atoms with Gasteiger partial charge >= 0.3 is 0 Å². The molecule has 4 nitrogen and oxygen atoms in total. The van der Waals surface area contributed by atoms with Crippen molar-refractivity contribution in [3.8, 4) is 0 Å². The highest BCUT2D eigenvalue weighted by Crippen LogP contribution is 2.38. The molecule has 124 valence electrons. The molecule has 21 heavy (non-hydrogen) atoms. The van der Waals surface area contributed by atoms with E-state index >= 15 is 0 Å². The molecular formula is C17H35N3O. The highest BCUT2D eigenvalue weighted by atomic mass is 16.1. The highest BCUT2D eigenvalue weighted by molar-refractivity contribution is 5.85. The van der Waals surface area contributed by atoms with Crippen LogP contribution in [0.15, 0.2) is 0 Å². The van der Waals surface area contributed by atoms with E-state index < -0.39 is 5.54 Å². The fourth-order valence-corrected chi connectivity index (χ4v) is 3.70. The number of hydrogen-bond donors (Lipinski definition) is 2. The van der Waals surface area contributed by atoms with Gasteiger partial charge in [0.15, 0.2) is 0 Å². The van der Waals surface area contributed by atoms with E-state index in [1.54, 1.807) is 0 Å². The molecular weight excluding hydrogens is 262 g/mol. The summed E-state index contributed by atoms with van der Waals surface area (Å²) in [5.74, 6) is 0.240. The third-order valence-corrected chi connectivity index (χ3v) is 4.96. The Balaban J connectivity index is 2.68. The quantitative estimate of drug-likeness (QED) is 0.651. The molecule has 4 heteroatoms. The van der Waals surface area contributed by atoms with E-state index in [9.17, 15) is 4.79 Å². The number of nitrogens with one attached hydrogen (secondary N) is 1. The van der Waals surface area contributed by atoms with Crippen LogP contribution >= 0.6 is 0 Å². The number of nitrogens with two attached hydrogens (primary N) is 1. The monoisotopic (exact) mass is 297 g/mol. The van der Waals surface area contributed by atoms with Gasteiger partial charge in [-0.1, -0.05) is 20.3 Å². The first kappa shape index (κ1) is 18.4. The lowest BCUT2D eigenvalue weighted by atomic mass is 9.83. The Labute approximate surface area is 130 Å². The first-order valence-corrected chi connectivity index (χ1v) is 8.76. The molecule has 0 aromatic heterocycles. The van der Waals surface area contributed by atoms with Gasteiger partial charge in [0.05, 0.1) is 0 Å². The minimum Gasteiger partial charge on any atom is -0.368 e. The zero-order valence-electron chi connectivity index (χ0n) is 14.5. The number of nitrogens with zero attached hydrogens (tertiary/aromatic N) is 1. The van der Waals surface area contributed by atoms with Gasteiger partial charge in [-0.25, -0.2) is 0 Å². The maximum Gasteiger partial charge on any atom is 0.238 e. The Hall–Kier alpha value is -0.610. The Bertz CT molecular complexity index is 319. The topological polar surface area (TPSA) is 58.4 Å². The van der Waals surface area contributed by atoms with Crippen LogP contribution in [0.1, 0.15) is 66.2 Å². The van der Waals surface area contributed by atoms with Crippen molar-refractivity contribution in [1.29, 1.82) is 0 Å². The lowest BCUT2D eigenvalue weighted by Gasteiger charge is -2.35. The van der Waals surface area contributed by atoms with Crippen LogP contribution in [0.2, 0.25) is 0 Å². The summed E-state index contributed by atoms with van der Waals surface area (Å²) >= 11 is 0. The Morgan fingerprint density at radius 1 is 1.33 bits per heavy atom. The second-order valence-electron chi connectivity index (χ2n) is 6.77. The lowest BCUT2D eigenvalue weighted by Crippen LogP contribution is -2.58. The Morgan fingerprint density at radius 3 is 2.57 bits per heavy atom. The van der Waals surface area contributed by atoms with E-state index in [-0.39, 0.29) is 5.91 Å². The normalized spacial score (nSPS) is 25.9. The number of carbonyl (C=O) groups is 1. The molecule has 1 aliphatic rings. The van der Waals surface area contributed by atoms with E-state index in [4.69, 9.17) is 5.73 Å². The van der Waals surface area contributed by atoms with Crippen molar-refractivity contribution >= 4 is 5.91 Å². The van der Waals surface area contributed by atoms with Gasteiger partial charge < -0.3 is 16.0 Å². The molecule has 0 aliphatic heterocycles. The van der Waals surface area contributed by atoms with Gasteiger partial charge in [0, 0.05) is 6.04 Å². The minimum atomic E-state index is -0.453. The average Bonchev–Trinajstić information content (AvgIpc) is 2.85. The summed E-state index contributed by atoms with van der Waals surface area (Å²) in [6, 6.07) is 0.568. The zero-order valence-corrected chi connectivity index (χ0v) is 14.5. The molecule has 1 aliphatic carbocycles. The molecule has 1 amide bonds. The molecule has 1 saturated carbocycles. The van der Waals surface area contributed by atoms with Crippen LogP contribution in [-0.4, -0.2) is 42.0 Å². The number of carbonyl (C=O) groups excluding carboxylic acids is 1. The zero-order chi connectivity index (χ0) is 15.9. The van der Waals surface area contributed by atoms with Crippen molar-refractivity contribution in [1.82, 2.24) is 10.2 Å². The summed E-state index contributed by atoms with van der Waals surface area (Å²) in [7, 11) is 0. The second-order valence-corrected chi connectivity index (χ2v) is 6.77. The molecule has 0 spiro atoms. The maximum absolute atomic E-state index is 12.1. The summed E-state index contributed by atoms with van der Waals surface area (Å²) in [6.07, 6.45) is 6.42. The van der Waals surface area contributed by atoms with Gasteiger partial charge in [0.1, 0.15) is 5.54 Å². The summed E-state index contributed by atoms with van der Waals surface area (Å²) in [5, 5.41) is 3.49. The fraction of sp³-hybridized carbons (Fsp3) is 0.941. The van der Waals surface area contributed by atoms with E-state index in [0.717, 1.165) is 51.7 Å². The van der Waals surface area contributed by atoms with Gasteiger partial charge in [-0.05, 0) is 71.5 Å². The molecule has 0 aromatic carbocycles. The van der Waals surface area contributed by atoms with E-state index in [1.165, 1.54) is 6.42 Å². The van der Waals surface area contributed by atoms with Crippen LogP contribution < -0.4 is 11.1 Å². The fourth-order valence-electron chi connectivity index (χ4n) is 3.70. The maximum atomic E-state index is 12.1. The number of amides is 1. The third-order valence-electron chi connectivity index (χ3n) is 4.96. The van der Waals surface area contributed by atoms with Crippen LogP contribution in [-0.2, 0) is 4.79 Å². The van der Waals surface area contributed by atoms with Crippen molar-refractivity contribution < 1.29 is 4.79 Å². The molecule has 0 aromatic rings. The number of rotatable bonds is 10. The first-order chi connectivity index (χ1) is 9.97. The van der Waals surface area contributed by atoms with Crippen molar-refractivity contribution in [3.05, 3.63) is 0 Å². The smallest absolute Gasteiger partial charge is 0.238 e. The molecule has 1 rings (SSSR count). The first-order valence-electron chi connectivity index (χ1n) is 8.76. The minimum absolute atomic E-state index is 0.148. The van der Waals surface area contributed by atoms with Crippen molar-refractivity contribution in [2.45, 2.75) is 77.8 Å². The summed E-state index contributed by atoms with van der Waals surface area (Å²) in [6.45, 7) is 11.9. The van der Waals surface area contributed by atoms with Crippen LogP contribution in [0, 0.1) is 5.92 Å². The second kappa shape index (κ2) is 8.74. The SMILES string of the molecule is CCCNC1(C(N)=O)CCCC1CCN(CCC)C(C)C. The van der Waals surface area contributed by atoms with Crippen LogP contribution in [0.25, 0.3) is 0 Å². The van der Waals surface area contributed by atoms with Crippen LogP contribution in [0.5, 0.6) is 0 Å². The molecule has 2 atom stereocenters. The summed E-state index contributed by atoms with van der Waals surface area (Å²) in [5.41, 5.74) is 5.32. The molecule has 0 radical (unpaired) electrons. The predicted octanol–water partition coefficient (Wildman–Crippen LogP) is 2.52. The van der Waals surface area contributed by atoms with Gasteiger partial charge in [-0.3, -0.25) is 4.79 Å². The van der Waals surface area contributed by atoms with Gasteiger partial charge in [-0.2, -0.15) is 0 Å². The molecule has 2 unspecified atom stereocenters. The Kier molecular flexibility index (Phi) is 7.67. The molecule has 0 bridgehead atoms. The van der Waals surface area contributed by atoms with Gasteiger partial charge in [0.2, 0.25) is 5.91 Å². The largest absolute Gasteiger partial charge is 0.368 e. The predicted molar refractivity (Wildman–Crippen MR) is 89.2 cm³/mol. The third kappa shape index (κ3) is 4.68. The van der Waals surface area contributed by atoms with Crippen LogP contribution in [0.4, 0.5) is 0 Å². The lowest BCUT2D eigenvalue weighted by molar-refractivity contribution is -0.126. The molecule has 3 N–H and O–H groups in total. The van der Waals surface area contributed by atoms with Crippen LogP contribution in [0.3, 0.4) is 0 Å².